The molecule has 1 aliphatic heterocycles. The minimum Gasteiger partial charge on any atom is -0.374 e. The lowest BCUT2D eigenvalue weighted by molar-refractivity contribution is -0.0100. The first kappa shape index (κ1) is 11.6. The summed E-state index contributed by atoms with van der Waals surface area (Å²) in [6, 6.07) is 1.65. The monoisotopic (exact) mass is 288 g/mol. The summed E-state index contributed by atoms with van der Waals surface area (Å²) >= 11 is 3.35. The molecule has 1 aromatic rings. The van der Waals surface area contributed by atoms with Crippen LogP contribution in [0.3, 0.4) is 0 Å². The predicted octanol–water partition coefficient (Wildman–Crippen LogP) is 1.22. The van der Waals surface area contributed by atoms with Crippen LogP contribution in [0.1, 0.15) is 16.2 Å². The summed E-state index contributed by atoms with van der Waals surface area (Å²) in [5, 5.41) is 4.45. The van der Waals surface area contributed by atoms with Gasteiger partial charge in [-0.3, -0.25) is 4.79 Å². The molecule has 2 rings (SSSR count). The molecule has 1 saturated heterocycles. The molecular weight excluding hydrogens is 276 g/mol. The Hall–Kier alpha value is -0.880. The Bertz CT molecular complexity index is 380. The number of halogens is 1. The molecule has 1 unspecified atom stereocenters. The molecule has 6 heteroatoms. The van der Waals surface area contributed by atoms with Crippen molar-refractivity contribution in [2.45, 2.75) is 13.0 Å². The molecule has 1 aliphatic rings. The standard InChI is InChI=1S/C10H13BrN2O3/c1-7-4-9(12-16-7)10(14)13-2-3-15-8(5-11)6-13/h4,8H,2-3,5-6H2,1H3. The van der Waals surface area contributed by atoms with Gasteiger partial charge in [-0.1, -0.05) is 21.1 Å². The van der Waals surface area contributed by atoms with Crippen LogP contribution < -0.4 is 0 Å². The normalized spacial score (nSPS) is 21.1. The van der Waals surface area contributed by atoms with Crippen molar-refractivity contribution in [2.75, 3.05) is 25.0 Å². The summed E-state index contributed by atoms with van der Waals surface area (Å²) in [6.07, 6.45) is 0.0608. The molecule has 2 heterocycles. The van der Waals surface area contributed by atoms with Crippen molar-refractivity contribution < 1.29 is 14.1 Å². The zero-order valence-corrected chi connectivity index (χ0v) is 10.6. The minimum atomic E-state index is -0.0916. The maximum Gasteiger partial charge on any atom is 0.276 e. The second-order valence-electron chi connectivity index (χ2n) is 3.72. The van der Waals surface area contributed by atoms with Crippen LogP contribution in [-0.4, -0.2) is 47.1 Å². The molecule has 1 atom stereocenters. The highest BCUT2D eigenvalue weighted by Gasteiger charge is 2.25. The van der Waals surface area contributed by atoms with Gasteiger partial charge in [0.1, 0.15) is 5.76 Å². The van der Waals surface area contributed by atoms with Gasteiger partial charge in [0.25, 0.3) is 5.91 Å². The van der Waals surface area contributed by atoms with E-state index in [-0.39, 0.29) is 12.0 Å². The lowest BCUT2D eigenvalue weighted by atomic mass is 10.2. The maximum atomic E-state index is 12.0. The lowest BCUT2D eigenvalue weighted by Gasteiger charge is -2.31. The number of morpholine rings is 1. The molecule has 0 aliphatic carbocycles. The van der Waals surface area contributed by atoms with E-state index < -0.39 is 0 Å². The van der Waals surface area contributed by atoms with Crippen molar-refractivity contribution in [3.8, 4) is 0 Å². The molecule has 0 spiro atoms. The highest BCUT2D eigenvalue weighted by molar-refractivity contribution is 9.09. The number of aromatic nitrogens is 1. The van der Waals surface area contributed by atoms with Crippen molar-refractivity contribution in [1.82, 2.24) is 10.1 Å². The summed E-state index contributed by atoms with van der Waals surface area (Å²) < 4.78 is 10.4. The number of hydrogen-bond acceptors (Lipinski definition) is 4. The fourth-order valence-corrected chi connectivity index (χ4v) is 2.02. The van der Waals surface area contributed by atoms with Gasteiger partial charge < -0.3 is 14.2 Å². The highest BCUT2D eigenvalue weighted by atomic mass is 79.9. The van der Waals surface area contributed by atoms with Crippen LogP contribution >= 0.6 is 15.9 Å². The number of rotatable bonds is 2. The van der Waals surface area contributed by atoms with Gasteiger partial charge in [-0.25, -0.2) is 0 Å². The van der Waals surface area contributed by atoms with Gasteiger partial charge in [0.15, 0.2) is 5.69 Å². The lowest BCUT2D eigenvalue weighted by Crippen LogP contribution is -2.46. The summed E-state index contributed by atoms with van der Waals surface area (Å²) in [4.78, 5) is 13.7. The summed E-state index contributed by atoms with van der Waals surface area (Å²) in [5.41, 5.74) is 0.368. The van der Waals surface area contributed by atoms with Gasteiger partial charge in [0.2, 0.25) is 0 Å². The molecule has 0 N–H and O–H groups in total. The molecule has 1 amide bonds. The minimum absolute atomic E-state index is 0.0608. The Balaban J connectivity index is 2.04. The second-order valence-corrected chi connectivity index (χ2v) is 4.37. The number of ether oxygens (including phenoxy) is 1. The molecule has 16 heavy (non-hydrogen) atoms. The van der Waals surface area contributed by atoms with E-state index in [9.17, 15) is 4.79 Å². The van der Waals surface area contributed by atoms with Crippen molar-refractivity contribution in [2.24, 2.45) is 0 Å². The Labute approximate surface area is 102 Å². The third kappa shape index (κ3) is 2.44. The Kier molecular flexibility index (Phi) is 3.60. The first-order valence-corrected chi connectivity index (χ1v) is 6.23. The Morgan fingerprint density at radius 1 is 1.75 bits per heavy atom. The molecule has 0 saturated carbocycles. The van der Waals surface area contributed by atoms with Crippen LogP contribution in [0, 0.1) is 6.92 Å². The molecule has 0 radical (unpaired) electrons. The molecule has 5 nitrogen and oxygen atoms in total. The van der Waals surface area contributed by atoms with E-state index in [4.69, 9.17) is 9.26 Å². The largest absolute Gasteiger partial charge is 0.374 e. The van der Waals surface area contributed by atoms with E-state index in [0.29, 0.717) is 31.2 Å². The van der Waals surface area contributed by atoms with Crippen LogP contribution in [-0.2, 0) is 4.74 Å². The Morgan fingerprint density at radius 3 is 3.19 bits per heavy atom. The van der Waals surface area contributed by atoms with Gasteiger partial charge in [-0.15, -0.1) is 0 Å². The fourth-order valence-electron chi connectivity index (χ4n) is 1.63. The highest BCUT2D eigenvalue weighted by Crippen LogP contribution is 2.12. The SMILES string of the molecule is Cc1cc(C(=O)N2CCOC(CBr)C2)no1. The van der Waals surface area contributed by atoms with E-state index in [1.165, 1.54) is 0 Å². The molecule has 0 aromatic carbocycles. The van der Waals surface area contributed by atoms with Crippen LogP contribution in [0.4, 0.5) is 0 Å². The number of carbonyl (C=O) groups excluding carboxylic acids is 1. The van der Waals surface area contributed by atoms with Gasteiger partial charge in [-0.05, 0) is 6.92 Å². The summed E-state index contributed by atoms with van der Waals surface area (Å²) in [5.74, 6) is 0.555. The number of nitrogens with zero attached hydrogens (tertiary/aromatic N) is 2. The molecule has 1 fully saturated rings. The van der Waals surface area contributed by atoms with Crippen molar-refractivity contribution >= 4 is 21.8 Å². The van der Waals surface area contributed by atoms with Crippen molar-refractivity contribution in [1.29, 1.82) is 0 Å². The first-order valence-electron chi connectivity index (χ1n) is 5.11. The van der Waals surface area contributed by atoms with E-state index in [2.05, 4.69) is 21.1 Å². The van der Waals surface area contributed by atoms with E-state index in [1.54, 1.807) is 17.9 Å². The predicted molar refractivity (Wildman–Crippen MR) is 60.7 cm³/mol. The fraction of sp³-hybridized carbons (Fsp3) is 0.600. The first-order chi connectivity index (χ1) is 7.70. The number of hydrogen-bond donors (Lipinski definition) is 0. The van der Waals surface area contributed by atoms with Crippen LogP contribution in [0.5, 0.6) is 0 Å². The summed E-state index contributed by atoms with van der Waals surface area (Å²) in [6.45, 7) is 3.54. The number of aryl methyl sites for hydroxylation is 1. The van der Waals surface area contributed by atoms with Gasteiger partial charge in [0, 0.05) is 24.5 Å². The average Bonchev–Trinajstić information content (AvgIpc) is 2.75. The molecule has 88 valence electrons. The average molecular weight is 289 g/mol. The zero-order chi connectivity index (χ0) is 11.5. The third-order valence-corrected chi connectivity index (χ3v) is 3.17. The van der Waals surface area contributed by atoms with Crippen LogP contribution in [0.2, 0.25) is 0 Å². The maximum absolute atomic E-state index is 12.0. The van der Waals surface area contributed by atoms with Crippen LogP contribution in [0.25, 0.3) is 0 Å². The van der Waals surface area contributed by atoms with Crippen LogP contribution in [0.15, 0.2) is 10.6 Å². The number of amides is 1. The molecular formula is C10H13BrN2O3. The zero-order valence-electron chi connectivity index (χ0n) is 8.98. The molecule has 1 aromatic heterocycles. The number of carbonyl (C=O) groups is 1. The van der Waals surface area contributed by atoms with E-state index in [1.807, 2.05) is 0 Å². The van der Waals surface area contributed by atoms with Crippen molar-refractivity contribution in [3.63, 3.8) is 0 Å². The smallest absolute Gasteiger partial charge is 0.276 e. The molecule has 0 bridgehead atoms. The Morgan fingerprint density at radius 2 is 2.56 bits per heavy atom. The van der Waals surface area contributed by atoms with Gasteiger partial charge >= 0.3 is 0 Å². The van der Waals surface area contributed by atoms with E-state index >= 15 is 0 Å². The third-order valence-electron chi connectivity index (χ3n) is 2.45. The quantitative estimate of drug-likeness (QED) is 0.768. The second kappa shape index (κ2) is 4.97. The number of alkyl halides is 1. The van der Waals surface area contributed by atoms with Gasteiger partial charge in [0.05, 0.1) is 12.7 Å². The van der Waals surface area contributed by atoms with E-state index in [0.717, 1.165) is 5.33 Å². The van der Waals surface area contributed by atoms with Gasteiger partial charge in [-0.2, -0.15) is 0 Å². The topological polar surface area (TPSA) is 55.6 Å². The summed E-state index contributed by atoms with van der Waals surface area (Å²) in [7, 11) is 0. The van der Waals surface area contributed by atoms with Crippen molar-refractivity contribution in [3.05, 3.63) is 17.5 Å².